The smallest absolute Gasteiger partial charge is 0.303 e. The summed E-state index contributed by atoms with van der Waals surface area (Å²) in [5.41, 5.74) is 9.29. The summed E-state index contributed by atoms with van der Waals surface area (Å²) in [6, 6.07) is 13.9. The number of H-pyrrole nitrogens is 1. The van der Waals surface area contributed by atoms with Crippen LogP contribution >= 0.6 is 0 Å². The van der Waals surface area contributed by atoms with Crippen molar-refractivity contribution in [3.05, 3.63) is 99.2 Å². The van der Waals surface area contributed by atoms with E-state index in [0.717, 1.165) is 17.3 Å². The van der Waals surface area contributed by atoms with Gasteiger partial charge in [-0.1, -0.05) is 25.1 Å². The highest BCUT2D eigenvalue weighted by molar-refractivity contribution is 5.89. The SMILES string of the molecule is Cc1cc(C(Nc2ccc3c(F)c[nH]c(=O)c3c2)C(=O)N(C)Cc2cc(N)ccc2O)ccc1[C@@H](C)CCC(=O)O. The first-order valence-electron chi connectivity index (χ1n) is 13.2. The first-order valence-corrected chi connectivity index (χ1v) is 13.2. The quantitative estimate of drug-likeness (QED) is 0.135. The van der Waals surface area contributed by atoms with Crippen molar-refractivity contribution >= 4 is 34.0 Å². The number of aromatic hydroxyl groups is 1. The van der Waals surface area contributed by atoms with Crippen LogP contribution in [0.25, 0.3) is 10.8 Å². The Hall–Kier alpha value is -4.86. The van der Waals surface area contributed by atoms with E-state index in [0.29, 0.717) is 28.9 Å². The molecular formula is C31H33FN4O5. The summed E-state index contributed by atoms with van der Waals surface area (Å²) in [5, 5.41) is 22.9. The second kappa shape index (κ2) is 12.1. The number of rotatable bonds is 10. The monoisotopic (exact) mass is 560 g/mol. The number of aromatic amines is 1. The number of pyridine rings is 1. The minimum Gasteiger partial charge on any atom is -0.508 e. The summed E-state index contributed by atoms with van der Waals surface area (Å²) in [6.45, 7) is 3.95. The molecule has 9 nitrogen and oxygen atoms in total. The summed E-state index contributed by atoms with van der Waals surface area (Å²) in [6.07, 6.45) is 1.53. The highest BCUT2D eigenvalue weighted by atomic mass is 19.1. The molecule has 41 heavy (non-hydrogen) atoms. The van der Waals surface area contributed by atoms with E-state index < -0.39 is 23.4 Å². The standard InChI is InChI=1S/C31H33FN4O5/c1-17(4-11-28(38)39)23-8-5-19(12-18(23)2)29(31(41)36(3)16-20-13-21(33)6-10-27(20)37)35-22-7-9-24-25(14-22)30(40)34-15-26(24)32/h5-10,12-15,17,29,35,37H,4,11,16,33H2,1-3H3,(H,34,40)(H,38,39)/t17-,29?/m0/s1. The van der Waals surface area contributed by atoms with Crippen molar-refractivity contribution in [2.45, 2.75) is 45.2 Å². The van der Waals surface area contributed by atoms with Gasteiger partial charge >= 0.3 is 5.97 Å². The lowest BCUT2D eigenvalue weighted by Crippen LogP contribution is -2.35. The Morgan fingerprint density at radius 2 is 1.85 bits per heavy atom. The van der Waals surface area contributed by atoms with E-state index in [-0.39, 0.29) is 41.3 Å². The molecule has 4 aromatic rings. The number of carbonyl (C=O) groups is 2. The molecule has 1 unspecified atom stereocenters. The van der Waals surface area contributed by atoms with Crippen molar-refractivity contribution in [3.63, 3.8) is 0 Å². The van der Waals surface area contributed by atoms with Crippen LogP contribution in [0.15, 0.2) is 65.6 Å². The third-order valence-corrected chi connectivity index (χ3v) is 7.25. The number of nitrogen functional groups attached to an aromatic ring is 1. The molecule has 214 valence electrons. The molecule has 0 saturated heterocycles. The molecule has 0 spiro atoms. The summed E-state index contributed by atoms with van der Waals surface area (Å²) in [4.78, 5) is 41.2. The molecule has 1 heterocycles. The third-order valence-electron chi connectivity index (χ3n) is 7.25. The van der Waals surface area contributed by atoms with Gasteiger partial charge in [-0.2, -0.15) is 0 Å². The average Bonchev–Trinajstić information content (AvgIpc) is 2.94. The van der Waals surface area contributed by atoms with E-state index in [4.69, 9.17) is 10.8 Å². The fourth-order valence-corrected chi connectivity index (χ4v) is 4.98. The predicted octanol–water partition coefficient (Wildman–Crippen LogP) is 5.04. The molecule has 0 aliphatic carbocycles. The number of carbonyl (C=O) groups excluding carboxylic acids is 1. The van der Waals surface area contributed by atoms with Crippen molar-refractivity contribution in [2.75, 3.05) is 18.1 Å². The minimum atomic E-state index is -0.907. The Morgan fingerprint density at radius 1 is 1.10 bits per heavy atom. The fourth-order valence-electron chi connectivity index (χ4n) is 4.98. The number of amides is 1. The number of anilines is 2. The molecule has 4 rings (SSSR count). The number of phenols is 1. The average molecular weight is 561 g/mol. The molecule has 10 heteroatoms. The number of hydrogen-bond donors (Lipinski definition) is 5. The van der Waals surface area contributed by atoms with Crippen LogP contribution in [0.1, 0.15) is 54.0 Å². The number of nitrogens with two attached hydrogens (primary N) is 1. The minimum absolute atomic E-state index is 0.00134. The Kier molecular flexibility index (Phi) is 8.61. The highest BCUT2D eigenvalue weighted by Gasteiger charge is 2.26. The van der Waals surface area contributed by atoms with E-state index in [1.54, 1.807) is 25.2 Å². The van der Waals surface area contributed by atoms with Crippen molar-refractivity contribution < 1.29 is 24.2 Å². The molecule has 2 atom stereocenters. The van der Waals surface area contributed by atoms with Gasteiger partial charge in [0.05, 0.1) is 5.39 Å². The number of benzene rings is 3. The predicted molar refractivity (Wildman–Crippen MR) is 156 cm³/mol. The van der Waals surface area contributed by atoms with Gasteiger partial charge < -0.3 is 31.1 Å². The lowest BCUT2D eigenvalue weighted by Gasteiger charge is -2.27. The van der Waals surface area contributed by atoms with Gasteiger partial charge in [0.15, 0.2) is 0 Å². The van der Waals surface area contributed by atoms with Crippen molar-refractivity contribution in [1.82, 2.24) is 9.88 Å². The molecule has 1 aromatic heterocycles. The Balaban J connectivity index is 1.70. The number of hydrogen-bond acceptors (Lipinski definition) is 6. The van der Waals surface area contributed by atoms with Crippen LogP contribution in [0, 0.1) is 12.7 Å². The van der Waals surface area contributed by atoms with Crippen molar-refractivity contribution in [3.8, 4) is 5.75 Å². The molecule has 6 N–H and O–H groups in total. The van der Waals surface area contributed by atoms with Gasteiger partial charge in [0.1, 0.15) is 17.6 Å². The van der Waals surface area contributed by atoms with Crippen molar-refractivity contribution in [1.29, 1.82) is 0 Å². The summed E-state index contributed by atoms with van der Waals surface area (Å²) >= 11 is 0. The van der Waals surface area contributed by atoms with Gasteiger partial charge in [0.2, 0.25) is 5.91 Å². The zero-order chi connectivity index (χ0) is 29.8. The molecule has 0 aliphatic heterocycles. The van der Waals surface area contributed by atoms with E-state index in [1.807, 2.05) is 32.0 Å². The molecule has 0 radical (unpaired) electrons. The lowest BCUT2D eigenvalue weighted by atomic mass is 9.90. The molecule has 0 aliphatic rings. The second-order valence-electron chi connectivity index (χ2n) is 10.3. The number of nitrogens with zero attached hydrogens (tertiary/aromatic N) is 1. The third kappa shape index (κ3) is 6.66. The zero-order valence-electron chi connectivity index (χ0n) is 23.1. The number of aromatic nitrogens is 1. The van der Waals surface area contributed by atoms with E-state index >= 15 is 0 Å². The Bertz CT molecular complexity index is 1670. The first-order chi connectivity index (χ1) is 19.4. The topological polar surface area (TPSA) is 149 Å². The fraction of sp³-hybridized carbons (Fsp3) is 0.258. The van der Waals surface area contributed by atoms with Gasteiger partial charge in [-0.25, -0.2) is 4.39 Å². The first kappa shape index (κ1) is 29.1. The van der Waals surface area contributed by atoms with E-state index in [2.05, 4.69) is 10.3 Å². The summed E-state index contributed by atoms with van der Waals surface area (Å²) in [5.74, 6) is -1.74. The molecule has 0 saturated carbocycles. The van der Waals surface area contributed by atoms with Crippen LogP contribution in [0.3, 0.4) is 0 Å². The molecular weight excluding hydrogens is 527 g/mol. The van der Waals surface area contributed by atoms with Gasteiger partial charge in [-0.15, -0.1) is 0 Å². The van der Waals surface area contributed by atoms with Crippen LogP contribution < -0.4 is 16.6 Å². The largest absolute Gasteiger partial charge is 0.508 e. The Labute approximate surface area is 236 Å². The van der Waals surface area contributed by atoms with Gasteiger partial charge in [0, 0.05) is 48.5 Å². The maximum absolute atomic E-state index is 14.3. The number of carboxylic acids is 1. The van der Waals surface area contributed by atoms with Gasteiger partial charge in [-0.3, -0.25) is 14.4 Å². The van der Waals surface area contributed by atoms with Crippen molar-refractivity contribution in [2.24, 2.45) is 0 Å². The molecule has 1 amide bonds. The number of aliphatic carboxylic acids is 1. The lowest BCUT2D eigenvalue weighted by molar-refractivity contribution is -0.137. The van der Waals surface area contributed by atoms with Gasteiger partial charge in [-0.05, 0) is 72.4 Å². The number of nitrogens with one attached hydrogen (secondary N) is 2. The van der Waals surface area contributed by atoms with Crippen LogP contribution in [0.2, 0.25) is 0 Å². The molecule has 0 bridgehead atoms. The maximum Gasteiger partial charge on any atom is 0.303 e. The van der Waals surface area contributed by atoms with Crippen LogP contribution in [0.5, 0.6) is 5.75 Å². The summed E-state index contributed by atoms with van der Waals surface area (Å²) < 4.78 is 14.3. The molecule has 3 aromatic carbocycles. The Morgan fingerprint density at radius 3 is 2.56 bits per heavy atom. The summed E-state index contributed by atoms with van der Waals surface area (Å²) in [7, 11) is 1.61. The second-order valence-corrected chi connectivity index (χ2v) is 10.3. The zero-order valence-corrected chi connectivity index (χ0v) is 23.1. The van der Waals surface area contributed by atoms with Crippen LogP contribution in [-0.2, 0) is 16.1 Å². The number of phenolic OH excluding ortho intramolecular Hbond substituents is 1. The highest BCUT2D eigenvalue weighted by Crippen LogP contribution is 2.30. The van der Waals surface area contributed by atoms with Crippen LogP contribution in [0.4, 0.5) is 15.8 Å². The number of carboxylic acid groups (broad SMARTS) is 1. The maximum atomic E-state index is 14.3. The number of likely N-dealkylation sites (N-methyl/N-ethyl adjacent to an activating group) is 1. The number of aryl methyl sites for hydroxylation is 1. The van der Waals surface area contributed by atoms with E-state index in [9.17, 15) is 23.9 Å². The normalized spacial score (nSPS) is 12.6. The van der Waals surface area contributed by atoms with Crippen LogP contribution in [-0.4, -0.2) is 39.0 Å². The van der Waals surface area contributed by atoms with Gasteiger partial charge in [0.25, 0.3) is 5.56 Å². The number of fused-ring (bicyclic) bond motifs is 1. The molecule has 0 fully saturated rings. The number of halogens is 1. The van der Waals surface area contributed by atoms with E-state index in [1.165, 1.54) is 23.1 Å².